The molecule has 146 valence electrons. The molecule has 28 heavy (non-hydrogen) atoms. The number of benzene rings is 2. The van der Waals surface area contributed by atoms with Crippen LogP contribution in [0.5, 0.6) is 0 Å². The molecule has 3 aromatic rings. The lowest BCUT2D eigenvalue weighted by molar-refractivity contribution is 0.310. The van der Waals surface area contributed by atoms with Crippen LogP contribution in [0.1, 0.15) is 31.9 Å². The second kappa shape index (κ2) is 10.0. The molecule has 0 atom stereocenters. The van der Waals surface area contributed by atoms with Gasteiger partial charge in [0.05, 0.1) is 5.52 Å². The average Bonchev–Trinajstić information content (AvgIpc) is 2.76. The summed E-state index contributed by atoms with van der Waals surface area (Å²) in [6, 6.07) is 19.2. The van der Waals surface area contributed by atoms with Crippen LogP contribution in [-0.4, -0.2) is 42.6 Å². The number of aromatic nitrogens is 1. The second-order valence-corrected chi connectivity index (χ2v) is 6.95. The van der Waals surface area contributed by atoms with E-state index in [1.165, 1.54) is 22.2 Å². The highest BCUT2D eigenvalue weighted by Crippen LogP contribution is 2.20. The Kier molecular flexibility index (Phi) is 7.21. The SMILES string of the molecule is CCN(CC)CCN(CC)c1ccc(/C=C/c2ccnc3ccccc23)cc1. The summed E-state index contributed by atoms with van der Waals surface area (Å²) < 4.78 is 0. The molecular weight excluding hydrogens is 342 g/mol. The fourth-order valence-corrected chi connectivity index (χ4v) is 3.52. The number of anilines is 1. The Balaban J connectivity index is 1.70. The lowest BCUT2D eigenvalue weighted by atomic mass is 10.1. The van der Waals surface area contributed by atoms with Gasteiger partial charge in [-0.2, -0.15) is 0 Å². The lowest BCUT2D eigenvalue weighted by Crippen LogP contribution is -2.35. The molecule has 3 nitrogen and oxygen atoms in total. The maximum atomic E-state index is 4.44. The van der Waals surface area contributed by atoms with Crippen LogP contribution in [0.4, 0.5) is 5.69 Å². The zero-order valence-corrected chi connectivity index (χ0v) is 17.3. The number of likely N-dealkylation sites (N-methyl/N-ethyl adjacent to an activating group) is 2. The maximum absolute atomic E-state index is 4.44. The molecule has 0 saturated carbocycles. The highest BCUT2D eigenvalue weighted by molar-refractivity contribution is 5.90. The van der Waals surface area contributed by atoms with Gasteiger partial charge in [-0.25, -0.2) is 0 Å². The first-order valence-corrected chi connectivity index (χ1v) is 10.3. The normalized spacial score (nSPS) is 11.6. The van der Waals surface area contributed by atoms with Gasteiger partial charge in [-0.1, -0.05) is 56.3 Å². The second-order valence-electron chi connectivity index (χ2n) is 6.95. The topological polar surface area (TPSA) is 19.4 Å². The standard InChI is InChI=1S/C25H31N3/c1-4-27(5-2)19-20-28(6-3)23-15-12-21(13-16-23)11-14-22-17-18-26-25-10-8-7-9-24(22)25/h7-18H,4-6,19-20H2,1-3H3/b14-11+. The van der Waals surface area contributed by atoms with Gasteiger partial charge < -0.3 is 9.80 Å². The van der Waals surface area contributed by atoms with Crippen molar-refractivity contribution in [3.8, 4) is 0 Å². The summed E-state index contributed by atoms with van der Waals surface area (Å²) in [6.45, 7) is 12.1. The third kappa shape index (κ3) is 4.99. The fraction of sp³-hybridized carbons (Fsp3) is 0.320. The van der Waals surface area contributed by atoms with E-state index < -0.39 is 0 Å². The summed E-state index contributed by atoms with van der Waals surface area (Å²) >= 11 is 0. The minimum absolute atomic E-state index is 1.03. The van der Waals surface area contributed by atoms with Crippen molar-refractivity contribution in [2.45, 2.75) is 20.8 Å². The Hall–Kier alpha value is -2.65. The number of nitrogens with zero attached hydrogens (tertiary/aromatic N) is 3. The zero-order chi connectivity index (χ0) is 19.8. The van der Waals surface area contributed by atoms with Gasteiger partial charge in [0.1, 0.15) is 0 Å². The molecule has 0 aliphatic carbocycles. The van der Waals surface area contributed by atoms with Crippen molar-refractivity contribution >= 4 is 28.7 Å². The van der Waals surface area contributed by atoms with Gasteiger partial charge in [0.2, 0.25) is 0 Å². The molecule has 0 saturated heterocycles. The minimum Gasteiger partial charge on any atom is -0.371 e. The molecule has 2 aromatic carbocycles. The third-order valence-electron chi connectivity index (χ3n) is 5.36. The Labute approximate surface area is 169 Å². The molecule has 0 N–H and O–H groups in total. The quantitative estimate of drug-likeness (QED) is 0.488. The molecule has 0 bridgehead atoms. The minimum atomic E-state index is 1.03. The summed E-state index contributed by atoms with van der Waals surface area (Å²) in [5, 5.41) is 1.19. The van der Waals surface area contributed by atoms with E-state index in [0.29, 0.717) is 0 Å². The number of fused-ring (bicyclic) bond motifs is 1. The Morgan fingerprint density at radius 1 is 0.786 bits per heavy atom. The predicted octanol–water partition coefficient (Wildman–Crippen LogP) is 5.57. The molecule has 0 amide bonds. The van der Waals surface area contributed by atoms with Gasteiger partial charge in [0.15, 0.2) is 0 Å². The van der Waals surface area contributed by atoms with E-state index in [0.717, 1.165) is 38.2 Å². The molecule has 0 radical (unpaired) electrons. The van der Waals surface area contributed by atoms with Crippen LogP contribution in [0.3, 0.4) is 0 Å². The van der Waals surface area contributed by atoms with Crippen molar-refractivity contribution in [2.24, 2.45) is 0 Å². The molecule has 0 aliphatic rings. The number of pyridine rings is 1. The zero-order valence-electron chi connectivity index (χ0n) is 17.3. The molecule has 3 heteroatoms. The van der Waals surface area contributed by atoms with Crippen LogP contribution in [0.15, 0.2) is 60.8 Å². The first-order chi connectivity index (χ1) is 13.7. The number of para-hydroxylation sites is 1. The van der Waals surface area contributed by atoms with Gasteiger partial charge in [-0.15, -0.1) is 0 Å². The van der Waals surface area contributed by atoms with Crippen LogP contribution in [0.2, 0.25) is 0 Å². The van der Waals surface area contributed by atoms with E-state index in [2.05, 4.69) is 96.2 Å². The number of rotatable bonds is 9. The van der Waals surface area contributed by atoms with Gasteiger partial charge in [-0.05, 0) is 55.4 Å². The molecule has 0 aliphatic heterocycles. The Morgan fingerprint density at radius 2 is 1.54 bits per heavy atom. The Bertz CT molecular complexity index is 890. The van der Waals surface area contributed by atoms with E-state index in [9.17, 15) is 0 Å². The lowest BCUT2D eigenvalue weighted by Gasteiger charge is -2.27. The van der Waals surface area contributed by atoms with Crippen molar-refractivity contribution in [3.63, 3.8) is 0 Å². The Morgan fingerprint density at radius 3 is 2.25 bits per heavy atom. The molecule has 1 aromatic heterocycles. The number of hydrogen-bond donors (Lipinski definition) is 0. The molecule has 0 fully saturated rings. The summed E-state index contributed by atoms with van der Waals surface area (Å²) in [5.74, 6) is 0. The van der Waals surface area contributed by atoms with Crippen molar-refractivity contribution in [2.75, 3.05) is 37.6 Å². The molecule has 3 rings (SSSR count). The van der Waals surface area contributed by atoms with Gasteiger partial charge in [0, 0.05) is 36.9 Å². The molecule has 1 heterocycles. The summed E-state index contributed by atoms with van der Waals surface area (Å²) in [6.07, 6.45) is 6.23. The first-order valence-electron chi connectivity index (χ1n) is 10.3. The van der Waals surface area contributed by atoms with E-state index in [1.807, 2.05) is 12.3 Å². The highest BCUT2D eigenvalue weighted by Gasteiger charge is 2.06. The largest absolute Gasteiger partial charge is 0.371 e. The van der Waals surface area contributed by atoms with Crippen molar-refractivity contribution in [3.05, 3.63) is 71.9 Å². The number of hydrogen-bond acceptors (Lipinski definition) is 3. The van der Waals surface area contributed by atoms with Crippen molar-refractivity contribution < 1.29 is 0 Å². The molecular formula is C25H31N3. The average molecular weight is 374 g/mol. The summed E-state index contributed by atoms with van der Waals surface area (Å²) in [4.78, 5) is 9.35. The van der Waals surface area contributed by atoms with E-state index >= 15 is 0 Å². The van der Waals surface area contributed by atoms with Crippen LogP contribution in [0, 0.1) is 0 Å². The molecule has 0 spiro atoms. The highest BCUT2D eigenvalue weighted by atomic mass is 15.2. The van der Waals surface area contributed by atoms with Crippen LogP contribution in [0.25, 0.3) is 23.1 Å². The fourth-order valence-electron chi connectivity index (χ4n) is 3.52. The van der Waals surface area contributed by atoms with Crippen molar-refractivity contribution in [1.29, 1.82) is 0 Å². The maximum Gasteiger partial charge on any atom is 0.0707 e. The van der Waals surface area contributed by atoms with E-state index in [1.54, 1.807) is 0 Å². The molecule has 0 unspecified atom stereocenters. The van der Waals surface area contributed by atoms with Gasteiger partial charge >= 0.3 is 0 Å². The van der Waals surface area contributed by atoms with Crippen molar-refractivity contribution in [1.82, 2.24) is 9.88 Å². The monoisotopic (exact) mass is 373 g/mol. The van der Waals surface area contributed by atoms with E-state index in [4.69, 9.17) is 0 Å². The smallest absolute Gasteiger partial charge is 0.0707 e. The van der Waals surface area contributed by atoms with Crippen LogP contribution in [-0.2, 0) is 0 Å². The van der Waals surface area contributed by atoms with Gasteiger partial charge in [-0.3, -0.25) is 4.98 Å². The van der Waals surface area contributed by atoms with E-state index in [-0.39, 0.29) is 0 Å². The summed E-state index contributed by atoms with van der Waals surface area (Å²) in [5.41, 5.74) is 4.74. The predicted molar refractivity (Wildman–Crippen MR) is 123 cm³/mol. The van der Waals surface area contributed by atoms with Crippen LogP contribution >= 0.6 is 0 Å². The van der Waals surface area contributed by atoms with Gasteiger partial charge in [0.25, 0.3) is 0 Å². The first kappa shape index (κ1) is 20.1. The third-order valence-corrected chi connectivity index (χ3v) is 5.36. The summed E-state index contributed by atoms with van der Waals surface area (Å²) in [7, 11) is 0. The van der Waals surface area contributed by atoms with Crippen LogP contribution < -0.4 is 4.90 Å².